The molecule has 0 aliphatic carbocycles. The van der Waals surface area contributed by atoms with Crippen molar-refractivity contribution in [1.29, 1.82) is 0 Å². The van der Waals surface area contributed by atoms with E-state index in [-0.39, 0.29) is 11.3 Å². The van der Waals surface area contributed by atoms with Gasteiger partial charge in [0.1, 0.15) is 0 Å². The molecule has 0 saturated carbocycles. The normalized spacial score (nSPS) is 11.5. The summed E-state index contributed by atoms with van der Waals surface area (Å²) in [6.07, 6.45) is 0. The monoisotopic (exact) mass is 390 g/mol. The van der Waals surface area contributed by atoms with Crippen molar-refractivity contribution in [2.75, 3.05) is 19.6 Å². The summed E-state index contributed by atoms with van der Waals surface area (Å²) in [4.78, 5) is 14.4. The highest BCUT2D eigenvalue weighted by atomic mass is 79.9. The van der Waals surface area contributed by atoms with E-state index < -0.39 is 0 Å². The number of hydrogen-bond acceptors (Lipinski definition) is 2. The number of benzene rings is 1. The van der Waals surface area contributed by atoms with Crippen LogP contribution in [0.1, 0.15) is 31.1 Å². The number of rotatable bonds is 5. The molecule has 0 aliphatic rings. The Labute approximate surface area is 131 Å². The van der Waals surface area contributed by atoms with Crippen LogP contribution in [-0.2, 0) is 0 Å². The molecule has 0 unspecified atom stereocenters. The van der Waals surface area contributed by atoms with E-state index in [0.29, 0.717) is 25.2 Å². The summed E-state index contributed by atoms with van der Waals surface area (Å²) < 4.78 is 1.78. The molecule has 1 amide bonds. The first-order valence-corrected chi connectivity index (χ1v) is 7.83. The lowest BCUT2D eigenvalue weighted by molar-refractivity contribution is 0.0700. The Morgan fingerprint density at radius 1 is 1.26 bits per heavy atom. The quantitative estimate of drug-likeness (QED) is 0.832. The molecule has 106 valence electrons. The van der Waals surface area contributed by atoms with Crippen LogP contribution < -0.4 is 5.73 Å². The van der Waals surface area contributed by atoms with Gasteiger partial charge in [-0.05, 0) is 37.1 Å². The van der Waals surface area contributed by atoms with Crippen LogP contribution in [0.15, 0.2) is 27.1 Å². The third-order valence-electron chi connectivity index (χ3n) is 2.95. The molecule has 1 aromatic carbocycles. The topological polar surface area (TPSA) is 46.3 Å². The van der Waals surface area contributed by atoms with Crippen LogP contribution in [0.3, 0.4) is 0 Å². The Bertz CT molecular complexity index is 441. The summed E-state index contributed by atoms with van der Waals surface area (Å²) >= 11 is 6.81. The molecule has 0 fully saturated rings. The van der Waals surface area contributed by atoms with Crippen LogP contribution >= 0.6 is 31.9 Å². The third-order valence-corrected chi connectivity index (χ3v) is 3.87. The molecule has 5 heteroatoms. The van der Waals surface area contributed by atoms with Crippen molar-refractivity contribution in [3.63, 3.8) is 0 Å². The largest absolute Gasteiger partial charge is 0.338 e. The van der Waals surface area contributed by atoms with Crippen molar-refractivity contribution < 1.29 is 4.79 Å². The van der Waals surface area contributed by atoms with E-state index in [1.54, 1.807) is 0 Å². The second-order valence-electron chi connectivity index (χ2n) is 5.35. The highest BCUT2D eigenvalue weighted by Crippen LogP contribution is 2.22. The Hall–Kier alpha value is -0.390. The van der Waals surface area contributed by atoms with E-state index in [0.717, 1.165) is 8.95 Å². The molecule has 0 saturated heterocycles. The van der Waals surface area contributed by atoms with Crippen LogP contribution in [0.2, 0.25) is 0 Å². The summed E-state index contributed by atoms with van der Waals surface area (Å²) in [5.74, 6) is 0.0334. The summed E-state index contributed by atoms with van der Waals surface area (Å²) in [7, 11) is 0. The molecule has 0 heterocycles. The van der Waals surface area contributed by atoms with E-state index in [1.165, 1.54) is 0 Å². The standard InChI is InChI=1S/C14H20Br2N2O/c1-4-18(9-14(2,3)8-17)13(19)10-5-11(15)7-12(16)6-10/h5-7H,4,8-9,17H2,1-3H3. The maximum Gasteiger partial charge on any atom is 0.253 e. The summed E-state index contributed by atoms with van der Waals surface area (Å²) in [6, 6.07) is 5.59. The molecular formula is C14H20Br2N2O. The lowest BCUT2D eigenvalue weighted by Gasteiger charge is -2.31. The third kappa shape index (κ3) is 4.89. The van der Waals surface area contributed by atoms with E-state index in [9.17, 15) is 4.79 Å². The van der Waals surface area contributed by atoms with Crippen LogP contribution in [-0.4, -0.2) is 30.4 Å². The maximum absolute atomic E-state index is 12.5. The Kier molecular flexibility index (Phi) is 6.02. The molecular weight excluding hydrogens is 372 g/mol. The minimum atomic E-state index is -0.0745. The Morgan fingerprint density at radius 3 is 2.21 bits per heavy atom. The van der Waals surface area contributed by atoms with E-state index in [2.05, 4.69) is 45.7 Å². The summed E-state index contributed by atoms with van der Waals surface area (Å²) in [6.45, 7) is 8.01. The van der Waals surface area contributed by atoms with E-state index >= 15 is 0 Å². The van der Waals surface area contributed by atoms with Crippen molar-refractivity contribution in [3.05, 3.63) is 32.7 Å². The zero-order valence-electron chi connectivity index (χ0n) is 11.5. The molecule has 0 aliphatic heterocycles. The fourth-order valence-corrected chi connectivity index (χ4v) is 3.06. The molecule has 0 bridgehead atoms. The highest BCUT2D eigenvalue weighted by molar-refractivity contribution is 9.11. The number of nitrogens with zero attached hydrogens (tertiary/aromatic N) is 1. The van der Waals surface area contributed by atoms with Gasteiger partial charge in [0.15, 0.2) is 0 Å². The minimum Gasteiger partial charge on any atom is -0.338 e. The predicted octanol–water partition coefficient (Wildman–Crippen LogP) is 3.66. The van der Waals surface area contributed by atoms with Crippen molar-refractivity contribution >= 4 is 37.8 Å². The van der Waals surface area contributed by atoms with Gasteiger partial charge in [-0.1, -0.05) is 45.7 Å². The van der Waals surface area contributed by atoms with Crippen molar-refractivity contribution in [2.45, 2.75) is 20.8 Å². The second-order valence-corrected chi connectivity index (χ2v) is 7.18. The summed E-state index contributed by atoms with van der Waals surface area (Å²) in [5, 5.41) is 0. The van der Waals surface area contributed by atoms with Gasteiger partial charge >= 0.3 is 0 Å². The van der Waals surface area contributed by atoms with Gasteiger partial charge in [-0.3, -0.25) is 4.79 Å². The average molecular weight is 392 g/mol. The molecule has 2 N–H and O–H groups in total. The number of halogens is 2. The Balaban J connectivity index is 2.95. The lowest BCUT2D eigenvalue weighted by atomic mass is 9.93. The fourth-order valence-electron chi connectivity index (χ4n) is 1.77. The van der Waals surface area contributed by atoms with Crippen LogP contribution in [0.5, 0.6) is 0 Å². The van der Waals surface area contributed by atoms with Gasteiger partial charge in [0.2, 0.25) is 0 Å². The molecule has 1 aromatic rings. The zero-order valence-corrected chi connectivity index (χ0v) is 14.7. The van der Waals surface area contributed by atoms with Crippen molar-refractivity contribution in [2.24, 2.45) is 11.1 Å². The fraction of sp³-hybridized carbons (Fsp3) is 0.500. The molecule has 0 spiro atoms. The smallest absolute Gasteiger partial charge is 0.253 e. The molecule has 19 heavy (non-hydrogen) atoms. The van der Waals surface area contributed by atoms with Gasteiger partial charge in [-0.2, -0.15) is 0 Å². The van der Waals surface area contributed by atoms with E-state index in [4.69, 9.17) is 5.73 Å². The van der Waals surface area contributed by atoms with Gasteiger partial charge in [0.25, 0.3) is 5.91 Å². The van der Waals surface area contributed by atoms with Crippen molar-refractivity contribution in [1.82, 2.24) is 4.90 Å². The second kappa shape index (κ2) is 6.86. The first-order valence-electron chi connectivity index (χ1n) is 6.24. The summed E-state index contributed by atoms with van der Waals surface area (Å²) in [5.41, 5.74) is 6.35. The number of carbonyl (C=O) groups is 1. The number of amides is 1. The minimum absolute atomic E-state index is 0.0334. The first-order chi connectivity index (χ1) is 8.79. The number of hydrogen-bond donors (Lipinski definition) is 1. The van der Waals surface area contributed by atoms with Gasteiger partial charge in [-0.25, -0.2) is 0 Å². The number of nitrogens with two attached hydrogens (primary N) is 1. The average Bonchev–Trinajstić information content (AvgIpc) is 2.34. The van der Waals surface area contributed by atoms with Gasteiger partial charge in [-0.15, -0.1) is 0 Å². The molecule has 3 nitrogen and oxygen atoms in total. The van der Waals surface area contributed by atoms with E-state index in [1.807, 2.05) is 30.0 Å². The van der Waals surface area contributed by atoms with Gasteiger partial charge < -0.3 is 10.6 Å². The maximum atomic E-state index is 12.5. The molecule has 0 atom stereocenters. The first kappa shape index (κ1) is 16.7. The highest BCUT2D eigenvalue weighted by Gasteiger charge is 2.23. The lowest BCUT2D eigenvalue weighted by Crippen LogP contribution is -2.42. The molecule has 0 aromatic heterocycles. The SMILES string of the molecule is CCN(CC(C)(C)CN)C(=O)c1cc(Br)cc(Br)c1. The van der Waals surface area contributed by atoms with Crippen molar-refractivity contribution in [3.8, 4) is 0 Å². The van der Waals surface area contributed by atoms with Gasteiger partial charge in [0.05, 0.1) is 0 Å². The Morgan fingerprint density at radius 2 is 1.79 bits per heavy atom. The molecule has 0 radical (unpaired) electrons. The predicted molar refractivity (Wildman–Crippen MR) is 86.3 cm³/mol. The zero-order chi connectivity index (χ0) is 14.6. The van der Waals surface area contributed by atoms with Crippen LogP contribution in [0.25, 0.3) is 0 Å². The van der Waals surface area contributed by atoms with Gasteiger partial charge in [0, 0.05) is 27.6 Å². The molecule has 1 rings (SSSR count). The van der Waals surface area contributed by atoms with Crippen LogP contribution in [0, 0.1) is 5.41 Å². The number of carbonyl (C=O) groups excluding carboxylic acids is 1. The van der Waals surface area contributed by atoms with Crippen LogP contribution in [0.4, 0.5) is 0 Å².